The number of amides is 2. The highest BCUT2D eigenvalue weighted by molar-refractivity contribution is 7.10. The van der Waals surface area contributed by atoms with Crippen molar-refractivity contribution in [2.24, 2.45) is 0 Å². The zero-order chi connectivity index (χ0) is 22.8. The van der Waals surface area contributed by atoms with Crippen LogP contribution in [0.5, 0.6) is 0 Å². The highest BCUT2D eigenvalue weighted by atomic mass is 32.1. The molecule has 2 aliphatic rings. The first-order chi connectivity index (χ1) is 16.1. The summed E-state index contributed by atoms with van der Waals surface area (Å²) >= 11 is 1.83. The molecular weight excluding hydrogens is 434 g/mol. The van der Waals surface area contributed by atoms with Crippen molar-refractivity contribution in [3.63, 3.8) is 0 Å². The Morgan fingerprint density at radius 1 is 1.06 bits per heavy atom. The highest BCUT2D eigenvalue weighted by Gasteiger charge is 2.33. The van der Waals surface area contributed by atoms with Crippen molar-refractivity contribution in [3.8, 4) is 0 Å². The molecule has 6 nitrogen and oxygen atoms in total. The van der Waals surface area contributed by atoms with Crippen LogP contribution in [0.1, 0.15) is 45.9 Å². The number of benzene rings is 1. The Labute approximate surface area is 198 Å². The summed E-state index contributed by atoms with van der Waals surface area (Å²) in [6, 6.07) is 16.4. The molecule has 172 valence electrons. The summed E-state index contributed by atoms with van der Waals surface area (Å²) < 4.78 is 5.27. The summed E-state index contributed by atoms with van der Waals surface area (Å²) in [7, 11) is 0. The van der Waals surface area contributed by atoms with Gasteiger partial charge in [0.2, 0.25) is 5.91 Å². The largest absolute Gasteiger partial charge is 0.459 e. The fourth-order valence-corrected chi connectivity index (χ4v) is 5.96. The molecule has 0 saturated carbocycles. The Morgan fingerprint density at radius 2 is 1.91 bits per heavy atom. The zero-order valence-corrected chi connectivity index (χ0v) is 19.7. The summed E-state index contributed by atoms with van der Waals surface area (Å²) in [6.45, 7) is 5.33. The molecule has 2 aromatic heterocycles. The van der Waals surface area contributed by atoms with E-state index < -0.39 is 0 Å². The van der Waals surface area contributed by atoms with Gasteiger partial charge in [-0.2, -0.15) is 0 Å². The van der Waals surface area contributed by atoms with Gasteiger partial charge in [0.25, 0.3) is 5.91 Å². The summed E-state index contributed by atoms with van der Waals surface area (Å²) in [5.74, 6) is 0.409. The number of hydrogen-bond donors (Lipinski definition) is 0. The number of hydrogen-bond acceptors (Lipinski definition) is 5. The zero-order valence-electron chi connectivity index (χ0n) is 18.9. The number of carbonyl (C=O) groups is 2. The van der Waals surface area contributed by atoms with Crippen molar-refractivity contribution in [1.29, 1.82) is 0 Å². The molecule has 33 heavy (non-hydrogen) atoms. The van der Waals surface area contributed by atoms with E-state index >= 15 is 0 Å². The number of piperazine rings is 1. The van der Waals surface area contributed by atoms with E-state index in [2.05, 4.69) is 40.6 Å². The SMILES string of the molecule is C[C@@H]1CN(C(=O)CCN2CCc3sccc3[C@H]2c2ccccc2)CCN1C(=O)c1ccco1. The van der Waals surface area contributed by atoms with Crippen molar-refractivity contribution in [1.82, 2.24) is 14.7 Å². The molecule has 1 aromatic carbocycles. The molecule has 2 amide bonds. The van der Waals surface area contributed by atoms with Crippen molar-refractivity contribution < 1.29 is 14.0 Å². The van der Waals surface area contributed by atoms with E-state index in [9.17, 15) is 9.59 Å². The van der Waals surface area contributed by atoms with Crippen LogP contribution in [-0.4, -0.2) is 65.3 Å². The number of carbonyl (C=O) groups excluding carboxylic acids is 2. The predicted molar refractivity (Wildman–Crippen MR) is 128 cm³/mol. The first-order valence-electron chi connectivity index (χ1n) is 11.6. The molecule has 5 rings (SSSR count). The van der Waals surface area contributed by atoms with E-state index in [0.29, 0.717) is 31.8 Å². The Hall–Kier alpha value is -2.90. The quantitative estimate of drug-likeness (QED) is 0.573. The minimum atomic E-state index is -0.106. The summed E-state index contributed by atoms with van der Waals surface area (Å²) in [5, 5.41) is 2.18. The Morgan fingerprint density at radius 3 is 2.67 bits per heavy atom. The van der Waals surface area contributed by atoms with Gasteiger partial charge in [0.15, 0.2) is 5.76 Å². The van der Waals surface area contributed by atoms with Gasteiger partial charge in [-0.05, 0) is 48.1 Å². The third-order valence-corrected chi connectivity index (χ3v) is 7.76. The van der Waals surface area contributed by atoms with Crippen LogP contribution in [0.3, 0.4) is 0 Å². The van der Waals surface area contributed by atoms with Crippen LogP contribution in [-0.2, 0) is 11.2 Å². The maximum atomic E-state index is 13.1. The van der Waals surface area contributed by atoms with Gasteiger partial charge in [0.1, 0.15) is 0 Å². The molecule has 0 bridgehead atoms. The highest BCUT2D eigenvalue weighted by Crippen LogP contribution is 2.37. The first kappa shape index (κ1) is 21.9. The molecule has 2 aliphatic heterocycles. The fraction of sp³-hybridized carbons (Fsp3) is 0.385. The van der Waals surface area contributed by atoms with Gasteiger partial charge in [-0.25, -0.2) is 0 Å². The van der Waals surface area contributed by atoms with Crippen molar-refractivity contribution in [3.05, 3.63) is 81.9 Å². The summed E-state index contributed by atoms with van der Waals surface area (Å²) in [6.07, 6.45) is 3.04. The molecule has 0 N–H and O–H groups in total. The number of thiophene rings is 1. The van der Waals surface area contributed by atoms with Crippen LogP contribution in [0.15, 0.2) is 64.6 Å². The smallest absolute Gasteiger partial charge is 0.289 e. The van der Waals surface area contributed by atoms with Crippen LogP contribution in [0.2, 0.25) is 0 Å². The molecule has 2 atom stereocenters. The maximum absolute atomic E-state index is 13.1. The molecular formula is C26H29N3O3S. The molecule has 7 heteroatoms. The fourth-order valence-electron chi connectivity index (χ4n) is 5.06. The Balaban J connectivity index is 1.21. The van der Waals surface area contributed by atoms with Gasteiger partial charge in [-0.15, -0.1) is 11.3 Å². The number of nitrogens with zero attached hydrogens (tertiary/aromatic N) is 3. The molecule has 0 aliphatic carbocycles. The van der Waals surface area contributed by atoms with E-state index in [1.165, 1.54) is 22.3 Å². The topological polar surface area (TPSA) is 57.0 Å². The van der Waals surface area contributed by atoms with E-state index in [0.717, 1.165) is 19.5 Å². The average molecular weight is 464 g/mol. The monoisotopic (exact) mass is 463 g/mol. The number of rotatable bonds is 5. The second kappa shape index (κ2) is 9.53. The number of furan rings is 1. The lowest BCUT2D eigenvalue weighted by Gasteiger charge is -2.40. The molecule has 4 heterocycles. The third kappa shape index (κ3) is 4.48. The van der Waals surface area contributed by atoms with Gasteiger partial charge in [0, 0.05) is 50.1 Å². The maximum Gasteiger partial charge on any atom is 0.289 e. The van der Waals surface area contributed by atoms with E-state index in [1.807, 2.05) is 29.2 Å². The van der Waals surface area contributed by atoms with Crippen LogP contribution in [0.25, 0.3) is 0 Å². The lowest BCUT2D eigenvalue weighted by Crippen LogP contribution is -2.55. The van der Waals surface area contributed by atoms with E-state index in [1.54, 1.807) is 17.0 Å². The van der Waals surface area contributed by atoms with Crippen molar-refractivity contribution in [2.45, 2.75) is 31.8 Å². The van der Waals surface area contributed by atoms with Crippen LogP contribution in [0.4, 0.5) is 0 Å². The minimum absolute atomic E-state index is 0.0410. The van der Waals surface area contributed by atoms with Crippen molar-refractivity contribution in [2.75, 3.05) is 32.7 Å². The molecule has 1 saturated heterocycles. The lowest BCUT2D eigenvalue weighted by atomic mass is 9.93. The predicted octanol–water partition coefficient (Wildman–Crippen LogP) is 4.05. The standard InChI is InChI=1S/C26H29N3O3S/c1-19-18-28(14-15-29(19)26(31)22-8-5-16-32-22)24(30)10-13-27-12-9-23-21(11-17-33-23)25(27)20-6-3-2-4-7-20/h2-8,11,16-17,19,25H,9-10,12-15,18H2,1H3/t19-,25-/m1/s1. The van der Waals surface area contributed by atoms with E-state index in [-0.39, 0.29) is 23.9 Å². The van der Waals surface area contributed by atoms with Gasteiger partial charge >= 0.3 is 0 Å². The van der Waals surface area contributed by atoms with Gasteiger partial charge in [0.05, 0.1) is 12.3 Å². The Kier molecular flexibility index (Phi) is 6.33. The minimum Gasteiger partial charge on any atom is -0.459 e. The second-order valence-electron chi connectivity index (χ2n) is 8.81. The molecule has 1 fully saturated rings. The average Bonchev–Trinajstić information content (AvgIpc) is 3.54. The molecule has 3 aromatic rings. The third-order valence-electron chi connectivity index (χ3n) is 6.77. The molecule has 0 unspecified atom stereocenters. The van der Waals surface area contributed by atoms with Gasteiger partial charge < -0.3 is 14.2 Å². The molecule has 0 spiro atoms. The first-order valence-corrected chi connectivity index (χ1v) is 12.5. The van der Waals surface area contributed by atoms with Crippen LogP contribution in [0, 0.1) is 0 Å². The Bertz CT molecular complexity index is 1100. The summed E-state index contributed by atoms with van der Waals surface area (Å²) in [4.78, 5) is 33.4. The molecule has 0 radical (unpaired) electrons. The lowest BCUT2D eigenvalue weighted by molar-refractivity contribution is -0.134. The second-order valence-corrected chi connectivity index (χ2v) is 9.81. The van der Waals surface area contributed by atoms with Crippen LogP contribution >= 0.6 is 11.3 Å². The van der Waals surface area contributed by atoms with Gasteiger partial charge in [-0.1, -0.05) is 30.3 Å². The van der Waals surface area contributed by atoms with Gasteiger partial charge in [-0.3, -0.25) is 14.5 Å². The summed E-state index contributed by atoms with van der Waals surface area (Å²) in [5.41, 5.74) is 2.66. The van der Waals surface area contributed by atoms with Crippen LogP contribution < -0.4 is 0 Å². The number of fused-ring (bicyclic) bond motifs is 1. The van der Waals surface area contributed by atoms with Crippen molar-refractivity contribution >= 4 is 23.2 Å². The normalized spacial score (nSPS) is 21.1. The van der Waals surface area contributed by atoms with E-state index in [4.69, 9.17) is 4.42 Å².